The summed E-state index contributed by atoms with van der Waals surface area (Å²) >= 11 is 0. The lowest BCUT2D eigenvalue weighted by atomic mass is 10.1. The molecule has 4 aromatic rings. The van der Waals surface area contributed by atoms with Crippen LogP contribution >= 0.6 is 0 Å². The summed E-state index contributed by atoms with van der Waals surface area (Å²) < 4.78 is 15.3. The average Bonchev–Trinajstić information content (AvgIpc) is 3.06. The van der Waals surface area contributed by atoms with Crippen LogP contribution in [-0.4, -0.2) is 15.5 Å². The SMILES string of the molecule is O=C(Cc1cn(Cc2ccc(F)cc2)c2ccccc12)NCc1ccncc1. The van der Waals surface area contributed by atoms with E-state index in [1.807, 2.05) is 42.6 Å². The van der Waals surface area contributed by atoms with Crippen molar-refractivity contribution in [2.45, 2.75) is 19.5 Å². The summed E-state index contributed by atoms with van der Waals surface area (Å²) in [5.41, 5.74) is 4.06. The van der Waals surface area contributed by atoms with Gasteiger partial charge in [-0.05, 0) is 47.0 Å². The number of rotatable bonds is 6. The lowest BCUT2D eigenvalue weighted by Gasteiger charge is -2.05. The summed E-state index contributed by atoms with van der Waals surface area (Å²) in [5, 5.41) is 4.02. The van der Waals surface area contributed by atoms with Gasteiger partial charge in [-0.1, -0.05) is 30.3 Å². The molecule has 0 aliphatic heterocycles. The van der Waals surface area contributed by atoms with Crippen LogP contribution in [0, 0.1) is 5.82 Å². The van der Waals surface area contributed by atoms with Gasteiger partial charge in [0.25, 0.3) is 0 Å². The largest absolute Gasteiger partial charge is 0.352 e. The molecule has 0 aliphatic rings. The molecule has 5 heteroatoms. The zero-order valence-corrected chi connectivity index (χ0v) is 15.3. The topological polar surface area (TPSA) is 46.9 Å². The fourth-order valence-electron chi connectivity index (χ4n) is 3.32. The number of fused-ring (bicyclic) bond motifs is 1. The van der Waals surface area contributed by atoms with Gasteiger partial charge in [-0.2, -0.15) is 0 Å². The second-order valence-electron chi connectivity index (χ2n) is 6.73. The molecular weight excluding hydrogens is 353 g/mol. The van der Waals surface area contributed by atoms with Crippen molar-refractivity contribution in [1.82, 2.24) is 14.9 Å². The van der Waals surface area contributed by atoms with E-state index < -0.39 is 0 Å². The van der Waals surface area contributed by atoms with Crippen molar-refractivity contribution in [2.24, 2.45) is 0 Å². The number of para-hydroxylation sites is 1. The van der Waals surface area contributed by atoms with Gasteiger partial charge in [-0.15, -0.1) is 0 Å². The Morgan fingerprint density at radius 3 is 2.50 bits per heavy atom. The molecule has 0 aliphatic carbocycles. The number of aromatic nitrogens is 2. The number of carbonyl (C=O) groups is 1. The Morgan fingerprint density at radius 1 is 0.964 bits per heavy atom. The van der Waals surface area contributed by atoms with E-state index >= 15 is 0 Å². The molecule has 2 aromatic heterocycles. The van der Waals surface area contributed by atoms with Crippen molar-refractivity contribution < 1.29 is 9.18 Å². The van der Waals surface area contributed by atoms with E-state index in [9.17, 15) is 9.18 Å². The number of hydrogen-bond donors (Lipinski definition) is 1. The van der Waals surface area contributed by atoms with Crippen LogP contribution in [-0.2, 0) is 24.3 Å². The summed E-state index contributed by atoms with van der Waals surface area (Å²) in [7, 11) is 0. The second kappa shape index (κ2) is 8.05. The number of nitrogens with one attached hydrogen (secondary N) is 1. The molecule has 2 heterocycles. The van der Waals surface area contributed by atoms with Gasteiger partial charge < -0.3 is 9.88 Å². The first-order chi connectivity index (χ1) is 13.7. The Kier molecular flexibility index (Phi) is 5.15. The first-order valence-corrected chi connectivity index (χ1v) is 9.16. The predicted molar refractivity (Wildman–Crippen MR) is 107 cm³/mol. The average molecular weight is 373 g/mol. The van der Waals surface area contributed by atoms with E-state index in [4.69, 9.17) is 0 Å². The Bertz CT molecular complexity index is 1090. The summed E-state index contributed by atoms with van der Waals surface area (Å²) in [5.74, 6) is -0.269. The summed E-state index contributed by atoms with van der Waals surface area (Å²) in [4.78, 5) is 16.4. The van der Waals surface area contributed by atoms with Crippen molar-refractivity contribution in [1.29, 1.82) is 0 Å². The molecular formula is C23H20FN3O. The monoisotopic (exact) mass is 373 g/mol. The molecule has 0 spiro atoms. The highest BCUT2D eigenvalue weighted by Crippen LogP contribution is 2.23. The third-order valence-electron chi connectivity index (χ3n) is 4.73. The molecule has 0 bridgehead atoms. The highest BCUT2D eigenvalue weighted by molar-refractivity contribution is 5.89. The van der Waals surface area contributed by atoms with Crippen molar-refractivity contribution in [3.05, 3.63) is 102 Å². The van der Waals surface area contributed by atoms with Crippen LogP contribution in [0.15, 0.2) is 79.3 Å². The molecule has 1 amide bonds. The number of hydrogen-bond acceptors (Lipinski definition) is 2. The van der Waals surface area contributed by atoms with Crippen molar-refractivity contribution in [2.75, 3.05) is 0 Å². The molecule has 4 nitrogen and oxygen atoms in total. The quantitative estimate of drug-likeness (QED) is 0.554. The van der Waals surface area contributed by atoms with E-state index in [0.29, 0.717) is 19.5 Å². The highest BCUT2D eigenvalue weighted by atomic mass is 19.1. The molecule has 0 atom stereocenters. The fourth-order valence-corrected chi connectivity index (χ4v) is 3.32. The number of carbonyl (C=O) groups excluding carboxylic acids is 1. The van der Waals surface area contributed by atoms with E-state index in [0.717, 1.165) is 27.6 Å². The summed E-state index contributed by atoms with van der Waals surface area (Å²) in [6.07, 6.45) is 5.75. The maximum Gasteiger partial charge on any atom is 0.224 e. The molecule has 0 saturated carbocycles. The van der Waals surface area contributed by atoms with Crippen molar-refractivity contribution in [3.63, 3.8) is 0 Å². The normalized spacial score (nSPS) is 10.9. The van der Waals surface area contributed by atoms with E-state index in [1.54, 1.807) is 24.5 Å². The number of halogens is 1. The first-order valence-electron chi connectivity index (χ1n) is 9.16. The van der Waals surface area contributed by atoms with Gasteiger partial charge in [0.2, 0.25) is 5.91 Å². The van der Waals surface area contributed by atoms with Crippen LogP contribution in [0.25, 0.3) is 10.9 Å². The molecule has 28 heavy (non-hydrogen) atoms. The third-order valence-corrected chi connectivity index (χ3v) is 4.73. The van der Waals surface area contributed by atoms with Crippen LogP contribution in [0.3, 0.4) is 0 Å². The molecule has 0 fully saturated rings. The van der Waals surface area contributed by atoms with Gasteiger partial charge in [0.1, 0.15) is 5.82 Å². The van der Waals surface area contributed by atoms with Gasteiger partial charge in [0.05, 0.1) is 6.42 Å². The predicted octanol–water partition coefficient (Wildman–Crippen LogP) is 4.08. The standard InChI is InChI=1S/C23H20FN3O/c24-20-7-5-18(6-8-20)15-27-16-19(21-3-1-2-4-22(21)27)13-23(28)26-14-17-9-11-25-12-10-17/h1-12,16H,13-15H2,(H,26,28). The van der Waals surface area contributed by atoms with Crippen molar-refractivity contribution in [3.8, 4) is 0 Å². The smallest absolute Gasteiger partial charge is 0.224 e. The zero-order chi connectivity index (χ0) is 19.3. The molecule has 0 unspecified atom stereocenters. The molecule has 1 N–H and O–H groups in total. The lowest BCUT2D eigenvalue weighted by Crippen LogP contribution is -2.24. The molecule has 2 aromatic carbocycles. The first kappa shape index (κ1) is 17.9. The van der Waals surface area contributed by atoms with Crippen molar-refractivity contribution >= 4 is 16.8 Å². The Balaban J connectivity index is 1.52. The molecule has 0 saturated heterocycles. The van der Waals surface area contributed by atoms with Gasteiger partial charge in [-0.3, -0.25) is 9.78 Å². The molecule has 140 valence electrons. The number of amides is 1. The zero-order valence-electron chi connectivity index (χ0n) is 15.3. The summed E-state index contributed by atoms with van der Waals surface area (Å²) in [6, 6.07) is 18.3. The minimum Gasteiger partial charge on any atom is -0.352 e. The van der Waals surface area contributed by atoms with Gasteiger partial charge in [0, 0.05) is 42.6 Å². The Hall–Kier alpha value is -3.47. The summed E-state index contributed by atoms with van der Waals surface area (Å²) in [6.45, 7) is 1.11. The number of nitrogens with zero attached hydrogens (tertiary/aromatic N) is 2. The highest BCUT2D eigenvalue weighted by Gasteiger charge is 2.12. The van der Waals surface area contributed by atoms with Gasteiger partial charge >= 0.3 is 0 Å². The van der Waals surface area contributed by atoms with Crippen LogP contribution in [0.5, 0.6) is 0 Å². The van der Waals surface area contributed by atoms with Crippen LogP contribution in [0.1, 0.15) is 16.7 Å². The van der Waals surface area contributed by atoms with Gasteiger partial charge in [0.15, 0.2) is 0 Å². The molecule has 4 rings (SSSR count). The lowest BCUT2D eigenvalue weighted by molar-refractivity contribution is -0.120. The fraction of sp³-hybridized carbons (Fsp3) is 0.130. The Morgan fingerprint density at radius 2 is 1.71 bits per heavy atom. The van der Waals surface area contributed by atoms with E-state index in [1.165, 1.54) is 12.1 Å². The minimum absolute atomic E-state index is 0.0264. The van der Waals surface area contributed by atoms with Crippen LogP contribution in [0.4, 0.5) is 4.39 Å². The van der Waals surface area contributed by atoms with Crippen LogP contribution in [0.2, 0.25) is 0 Å². The number of pyridine rings is 1. The Labute approximate surface area is 162 Å². The number of benzene rings is 2. The molecule has 0 radical (unpaired) electrons. The van der Waals surface area contributed by atoms with E-state index in [2.05, 4.69) is 14.9 Å². The second-order valence-corrected chi connectivity index (χ2v) is 6.73. The van der Waals surface area contributed by atoms with Crippen LogP contribution < -0.4 is 5.32 Å². The van der Waals surface area contributed by atoms with E-state index in [-0.39, 0.29) is 11.7 Å². The third kappa shape index (κ3) is 4.09. The maximum atomic E-state index is 13.2. The minimum atomic E-state index is -0.243. The maximum absolute atomic E-state index is 13.2. The van der Waals surface area contributed by atoms with Gasteiger partial charge in [-0.25, -0.2) is 4.39 Å².